The van der Waals surface area contributed by atoms with Crippen molar-refractivity contribution in [2.45, 2.75) is 5.92 Å². The molecule has 0 fully saturated rings. The van der Waals surface area contributed by atoms with Gasteiger partial charge in [0.05, 0.1) is 0 Å². The van der Waals surface area contributed by atoms with Crippen LogP contribution in [0.25, 0.3) is 11.1 Å². The van der Waals surface area contributed by atoms with Gasteiger partial charge in [0.2, 0.25) is 0 Å². The topological polar surface area (TPSA) is 134 Å². The molecule has 0 atom stereocenters. The monoisotopic (exact) mass is 436 g/mol. The van der Waals surface area contributed by atoms with E-state index in [-0.39, 0.29) is 24.0 Å². The Labute approximate surface area is 182 Å². The Morgan fingerprint density at radius 3 is 2.34 bits per heavy atom. The molecule has 1 aliphatic carbocycles. The van der Waals surface area contributed by atoms with Gasteiger partial charge in [-0.15, -0.1) is 0 Å². The first-order valence-electron chi connectivity index (χ1n) is 9.74. The van der Waals surface area contributed by atoms with Crippen LogP contribution in [0.1, 0.15) is 27.5 Å². The molecule has 0 saturated carbocycles. The molecule has 0 aliphatic heterocycles. The van der Waals surface area contributed by atoms with E-state index in [0.29, 0.717) is 0 Å². The molecule has 0 bridgehead atoms. The summed E-state index contributed by atoms with van der Waals surface area (Å²) in [5, 5.41) is 18.2. The summed E-state index contributed by atoms with van der Waals surface area (Å²) in [6.07, 6.45) is -0.715. The average Bonchev–Trinajstić information content (AvgIpc) is 3.38. The van der Waals surface area contributed by atoms with Crippen molar-refractivity contribution in [3.05, 3.63) is 71.4 Å². The molecule has 0 saturated heterocycles. The zero-order valence-electron chi connectivity index (χ0n) is 17.1. The van der Waals surface area contributed by atoms with Crippen LogP contribution in [0, 0.1) is 0 Å². The highest BCUT2D eigenvalue weighted by Crippen LogP contribution is 2.44. The van der Waals surface area contributed by atoms with Gasteiger partial charge in [0.25, 0.3) is 5.91 Å². The molecule has 164 valence electrons. The van der Waals surface area contributed by atoms with Crippen LogP contribution in [-0.2, 0) is 14.4 Å². The van der Waals surface area contributed by atoms with Gasteiger partial charge in [-0.25, -0.2) is 14.7 Å². The molecule has 4 rings (SSSR count). The number of hydrogen-bond acceptors (Lipinski definition) is 6. The van der Waals surface area contributed by atoms with Crippen LogP contribution in [0.3, 0.4) is 0 Å². The van der Waals surface area contributed by atoms with Crippen molar-refractivity contribution >= 4 is 23.8 Å². The van der Waals surface area contributed by atoms with Gasteiger partial charge in [-0.1, -0.05) is 48.5 Å². The second-order valence-corrected chi connectivity index (χ2v) is 7.09. The van der Waals surface area contributed by atoms with E-state index < -0.39 is 24.6 Å². The molecule has 1 heterocycles. The number of carbonyl (C=O) groups is 3. The first kappa shape index (κ1) is 21.1. The Kier molecular flexibility index (Phi) is 5.86. The number of hydroxylamine groups is 2. The average molecular weight is 436 g/mol. The van der Waals surface area contributed by atoms with Crippen molar-refractivity contribution in [2.24, 2.45) is 0 Å². The fraction of sp³-hybridized carbons (Fsp3) is 0.182. The third-order valence-electron chi connectivity index (χ3n) is 5.05. The van der Waals surface area contributed by atoms with E-state index in [0.717, 1.165) is 27.3 Å². The first-order valence-corrected chi connectivity index (χ1v) is 9.74. The van der Waals surface area contributed by atoms with Crippen LogP contribution in [0.2, 0.25) is 0 Å². The van der Waals surface area contributed by atoms with Gasteiger partial charge in [0.1, 0.15) is 12.3 Å². The molecule has 1 aromatic heterocycles. The Hall–Kier alpha value is -4.18. The van der Waals surface area contributed by atoms with Crippen LogP contribution in [-0.4, -0.2) is 58.6 Å². The van der Waals surface area contributed by atoms with Crippen molar-refractivity contribution in [1.29, 1.82) is 0 Å². The maximum atomic E-state index is 12.3. The summed E-state index contributed by atoms with van der Waals surface area (Å²) in [4.78, 5) is 39.8. The second-order valence-electron chi connectivity index (χ2n) is 7.09. The summed E-state index contributed by atoms with van der Waals surface area (Å²) < 4.78 is 5.44. The summed E-state index contributed by atoms with van der Waals surface area (Å²) in [6, 6.07) is 17.3. The van der Waals surface area contributed by atoms with Crippen LogP contribution in [0.4, 0.5) is 10.6 Å². The van der Waals surface area contributed by atoms with E-state index in [4.69, 9.17) is 14.7 Å². The minimum atomic E-state index is -1.22. The van der Waals surface area contributed by atoms with Crippen molar-refractivity contribution in [3.8, 4) is 11.1 Å². The fourth-order valence-electron chi connectivity index (χ4n) is 3.61. The highest BCUT2D eigenvalue weighted by atomic mass is 16.7. The molecule has 32 heavy (non-hydrogen) atoms. The molecule has 0 radical (unpaired) electrons. The lowest BCUT2D eigenvalue weighted by Gasteiger charge is -2.14. The highest BCUT2D eigenvalue weighted by Gasteiger charge is 2.29. The van der Waals surface area contributed by atoms with E-state index in [9.17, 15) is 14.4 Å². The lowest BCUT2D eigenvalue weighted by atomic mass is 9.98. The molecule has 10 heteroatoms. The summed E-state index contributed by atoms with van der Waals surface area (Å²) in [5.74, 6) is -1.87. The Bertz CT molecular complexity index is 1130. The van der Waals surface area contributed by atoms with Gasteiger partial charge in [-0.05, 0) is 22.3 Å². The summed E-state index contributed by atoms with van der Waals surface area (Å²) in [6.45, 7) is -0.525. The number of anilines is 1. The van der Waals surface area contributed by atoms with Gasteiger partial charge in [-0.2, -0.15) is 5.10 Å². The summed E-state index contributed by atoms with van der Waals surface area (Å²) >= 11 is 0. The molecule has 3 aromatic rings. The molecular formula is C22H20N4O6. The number of H-pyrrole nitrogens is 1. The van der Waals surface area contributed by atoms with E-state index in [1.165, 1.54) is 13.1 Å². The van der Waals surface area contributed by atoms with E-state index in [2.05, 4.69) is 15.5 Å². The van der Waals surface area contributed by atoms with Gasteiger partial charge in [0, 0.05) is 19.0 Å². The number of nitrogens with zero attached hydrogens (tertiary/aromatic N) is 2. The number of ether oxygens (including phenoxy) is 1. The normalized spacial score (nSPS) is 12.0. The Morgan fingerprint density at radius 1 is 1.09 bits per heavy atom. The fourth-order valence-corrected chi connectivity index (χ4v) is 3.61. The quantitative estimate of drug-likeness (QED) is 0.485. The number of hydrogen-bond donors (Lipinski definition) is 3. The number of rotatable bonds is 7. The van der Waals surface area contributed by atoms with Gasteiger partial charge in [-0.3, -0.25) is 20.0 Å². The molecule has 2 amide bonds. The van der Waals surface area contributed by atoms with Crippen molar-refractivity contribution < 1.29 is 29.1 Å². The van der Waals surface area contributed by atoms with Crippen molar-refractivity contribution in [3.63, 3.8) is 0 Å². The second kappa shape index (κ2) is 8.90. The molecule has 0 spiro atoms. The number of carboxylic acid groups (broad SMARTS) is 1. The number of benzene rings is 2. The largest absolute Gasteiger partial charge is 0.479 e. The van der Waals surface area contributed by atoms with Crippen molar-refractivity contribution in [2.75, 3.05) is 25.6 Å². The summed E-state index contributed by atoms with van der Waals surface area (Å²) in [5.41, 5.74) is 4.45. The SMILES string of the molecule is CN(OCC(=O)O)C(=O)c1cc(NC(=O)OCC2c3ccccc3-c3ccccc32)n[nH]1. The lowest BCUT2D eigenvalue weighted by molar-refractivity contribution is -0.159. The van der Waals surface area contributed by atoms with Crippen LogP contribution < -0.4 is 5.32 Å². The Morgan fingerprint density at radius 2 is 1.72 bits per heavy atom. The lowest BCUT2D eigenvalue weighted by Crippen LogP contribution is -2.29. The van der Waals surface area contributed by atoms with E-state index in [1.54, 1.807) is 0 Å². The van der Waals surface area contributed by atoms with Gasteiger partial charge < -0.3 is 9.84 Å². The number of aromatic nitrogens is 2. The highest BCUT2D eigenvalue weighted by molar-refractivity contribution is 5.93. The number of nitrogens with one attached hydrogen (secondary N) is 2. The van der Waals surface area contributed by atoms with Crippen molar-refractivity contribution in [1.82, 2.24) is 15.3 Å². The summed E-state index contributed by atoms with van der Waals surface area (Å²) in [7, 11) is 1.27. The zero-order chi connectivity index (χ0) is 22.7. The minimum absolute atomic E-state index is 0.00633. The predicted molar refractivity (Wildman–Crippen MR) is 113 cm³/mol. The number of carbonyl (C=O) groups excluding carboxylic acids is 2. The standard InChI is InChI=1S/C22H20N4O6/c1-26(32-12-20(27)28)21(29)18-10-19(25-24-18)23-22(30)31-11-17-15-8-4-2-6-13(15)14-7-3-5-9-16(14)17/h2-10,17H,11-12H2,1H3,(H,27,28)(H2,23,24,25,30). The zero-order valence-corrected chi connectivity index (χ0v) is 17.1. The Balaban J connectivity index is 1.36. The van der Waals surface area contributed by atoms with Gasteiger partial charge in [0.15, 0.2) is 12.4 Å². The third-order valence-corrected chi connectivity index (χ3v) is 5.05. The molecule has 2 aromatic carbocycles. The first-order chi connectivity index (χ1) is 15.4. The predicted octanol–water partition coefficient (Wildman–Crippen LogP) is 2.86. The number of aliphatic carboxylic acids is 1. The maximum Gasteiger partial charge on any atom is 0.412 e. The van der Waals surface area contributed by atoms with Crippen LogP contribution in [0.5, 0.6) is 0 Å². The van der Waals surface area contributed by atoms with Crippen LogP contribution >= 0.6 is 0 Å². The molecule has 10 nitrogen and oxygen atoms in total. The maximum absolute atomic E-state index is 12.3. The van der Waals surface area contributed by atoms with E-state index >= 15 is 0 Å². The smallest absolute Gasteiger partial charge is 0.412 e. The van der Waals surface area contributed by atoms with Gasteiger partial charge >= 0.3 is 12.1 Å². The number of carboxylic acids is 1. The van der Waals surface area contributed by atoms with Crippen LogP contribution in [0.15, 0.2) is 54.6 Å². The molecule has 3 N–H and O–H groups in total. The molecule has 0 unspecified atom stereocenters. The number of aromatic amines is 1. The van der Waals surface area contributed by atoms with E-state index in [1.807, 2.05) is 48.5 Å². The third kappa shape index (κ3) is 4.30. The number of amides is 2. The molecular weight excluding hydrogens is 416 g/mol. The molecule has 1 aliphatic rings. The minimum Gasteiger partial charge on any atom is -0.479 e. The number of fused-ring (bicyclic) bond motifs is 3.